The lowest BCUT2D eigenvalue weighted by Crippen LogP contribution is -2.11. The van der Waals surface area contributed by atoms with E-state index in [1.807, 2.05) is 19.1 Å². The summed E-state index contributed by atoms with van der Waals surface area (Å²) in [4.78, 5) is 0. The summed E-state index contributed by atoms with van der Waals surface area (Å²) < 4.78 is 5.63. The van der Waals surface area contributed by atoms with Gasteiger partial charge in [-0.25, -0.2) is 0 Å². The summed E-state index contributed by atoms with van der Waals surface area (Å²) in [7, 11) is 0. The molecule has 0 unspecified atom stereocenters. The first-order chi connectivity index (χ1) is 14.3. The molecule has 0 atom stereocenters. The van der Waals surface area contributed by atoms with Crippen LogP contribution in [0, 0.1) is 5.92 Å². The van der Waals surface area contributed by atoms with E-state index in [2.05, 4.69) is 67.6 Å². The Balaban J connectivity index is 1.52. The number of hydrogen-bond donors (Lipinski definition) is 0. The van der Waals surface area contributed by atoms with Gasteiger partial charge in [0.2, 0.25) is 0 Å². The van der Waals surface area contributed by atoms with E-state index in [-0.39, 0.29) is 0 Å². The van der Waals surface area contributed by atoms with Crippen LogP contribution < -0.4 is 0 Å². The molecule has 0 spiro atoms. The molecule has 1 aliphatic carbocycles. The topological polar surface area (TPSA) is 9.23 Å². The van der Waals surface area contributed by atoms with Crippen molar-refractivity contribution in [2.75, 3.05) is 6.61 Å². The fourth-order valence-corrected chi connectivity index (χ4v) is 4.18. The van der Waals surface area contributed by atoms with Gasteiger partial charge in [0.05, 0.1) is 13.2 Å². The van der Waals surface area contributed by atoms with Crippen LogP contribution in [0.3, 0.4) is 0 Å². The van der Waals surface area contributed by atoms with Gasteiger partial charge in [-0.1, -0.05) is 86.2 Å². The zero-order valence-corrected chi connectivity index (χ0v) is 18.1. The molecule has 0 aromatic heterocycles. The molecule has 1 heteroatoms. The van der Waals surface area contributed by atoms with Crippen molar-refractivity contribution in [3.8, 4) is 11.1 Å². The second kappa shape index (κ2) is 11.8. The molecule has 0 saturated heterocycles. The van der Waals surface area contributed by atoms with Crippen LogP contribution in [0.25, 0.3) is 11.1 Å². The molecule has 2 aromatic carbocycles. The largest absolute Gasteiger partial charge is 0.373 e. The predicted molar refractivity (Wildman–Crippen MR) is 125 cm³/mol. The van der Waals surface area contributed by atoms with E-state index in [1.165, 1.54) is 60.8 Å². The maximum absolute atomic E-state index is 5.63. The van der Waals surface area contributed by atoms with Crippen molar-refractivity contribution in [3.05, 3.63) is 84.0 Å². The lowest BCUT2D eigenvalue weighted by molar-refractivity contribution is 0.148. The lowest BCUT2D eigenvalue weighted by Gasteiger charge is -2.27. The van der Waals surface area contributed by atoms with Crippen molar-refractivity contribution in [2.24, 2.45) is 5.92 Å². The van der Waals surface area contributed by atoms with Crippen molar-refractivity contribution in [1.82, 2.24) is 0 Å². The second-order valence-electron chi connectivity index (χ2n) is 8.23. The summed E-state index contributed by atoms with van der Waals surface area (Å²) >= 11 is 0. The van der Waals surface area contributed by atoms with Crippen LogP contribution in [0.5, 0.6) is 0 Å². The third-order valence-corrected chi connectivity index (χ3v) is 6.02. The van der Waals surface area contributed by atoms with Crippen LogP contribution in [0.1, 0.15) is 69.4 Å². The minimum atomic E-state index is 0.667. The number of allylic oxidation sites excluding steroid dienone is 3. The lowest BCUT2D eigenvalue weighted by atomic mass is 9.78. The number of benzene rings is 2. The smallest absolute Gasteiger partial charge is 0.0721 e. The molecule has 3 rings (SSSR count). The molecule has 0 amide bonds. The summed E-state index contributed by atoms with van der Waals surface area (Å²) in [5.41, 5.74) is 5.31. The highest BCUT2D eigenvalue weighted by Crippen LogP contribution is 2.37. The highest BCUT2D eigenvalue weighted by molar-refractivity contribution is 5.64. The van der Waals surface area contributed by atoms with Crippen molar-refractivity contribution >= 4 is 0 Å². The third kappa shape index (κ3) is 6.72. The van der Waals surface area contributed by atoms with E-state index in [1.54, 1.807) is 0 Å². The molecule has 1 aliphatic rings. The van der Waals surface area contributed by atoms with Gasteiger partial charge in [0, 0.05) is 0 Å². The van der Waals surface area contributed by atoms with E-state index in [0.717, 1.165) is 11.8 Å². The van der Waals surface area contributed by atoms with Gasteiger partial charge >= 0.3 is 0 Å². The van der Waals surface area contributed by atoms with Gasteiger partial charge in [-0.3, -0.25) is 0 Å². The molecule has 2 aromatic rings. The molecular weight excluding hydrogens is 352 g/mol. The van der Waals surface area contributed by atoms with Crippen molar-refractivity contribution in [3.63, 3.8) is 0 Å². The average molecular weight is 389 g/mol. The predicted octanol–water partition coefficient (Wildman–Crippen LogP) is 8.08. The van der Waals surface area contributed by atoms with Crippen LogP contribution >= 0.6 is 0 Å². The maximum Gasteiger partial charge on any atom is 0.0721 e. The molecule has 154 valence electrons. The van der Waals surface area contributed by atoms with Crippen LogP contribution in [0.15, 0.2) is 72.8 Å². The quantitative estimate of drug-likeness (QED) is 0.311. The minimum absolute atomic E-state index is 0.667. The monoisotopic (exact) mass is 388 g/mol. The first kappa shape index (κ1) is 21.6. The zero-order valence-electron chi connectivity index (χ0n) is 18.1. The van der Waals surface area contributed by atoms with E-state index >= 15 is 0 Å². The van der Waals surface area contributed by atoms with Crippen molar-refractivity contribution in [1.29, 1.82) is 0 Å². The normalized spacial score (nSPS) is 19.9. The summed E-state index contributed by atoms with van der Waals surface area (Å²) in [5, 5.41) is 0. The van der Waals surface area contributed by atoms with E-state index < -0.39 is 0 Å². The summed E-state index contributed by atoms with van der Waals surface area (Å²) in [6.45, 7) is 5.61. The fraction of sp³-hybridized carbons (Fsp3) is 0.429. The Morgan fingerprint density at radius 2 is 1.52 bits per heavy atom. The summed E-state index contributed by atoms with van der Waals surface area (Å²) in [6.07, 6.45) is 16.7. The van der Waals surface area contributed by atoms with Gasteiger partial charge in [0.25, 0.3) is 0 Å². The van der Waals surface area contributed by atoms with Crippen molar-refractivity contribution in [2.45, 2.75) is 64.9 Å². The molecule has 1 saturated carbocycles. The molecule has 0 bridgehead atoms. The summed E-state index contributed by atoms with van der Waals surface area (Å²) in [6, 6.07) is 18.0. The zero-order chi connectivity index (χ0) is 20.3. The number of rotatable bonds is 9. The van der Waals surface area contributed by atoms with Gasteiger partial charge in [0.15, 0.2) is 0 Å². The Kier molecular flexibility index (Phi) is 8.77. The van der Waals surface area contributed by atoms with Gasteiger partial charge in [0.1, 0.15) is 0 Å². The molecule has 0 heterocycles. The molecular formula is C28H36O. The van der Waals surface area contributed by atoms with Crippen LogP contribution in [-0.4, -0.2) is 6.61 Å². The highest BCUT2D eigenvalue weighted by atomic mass is 16.5. The van der Waals surface area contributed by atoms with Gasteiger partial charge in [-0.15, -0.1) is 0 Å². The average Bonchev–Trinajstić information content (AvgIpc) is 2.78. The number of unbranched alkanes of at least 4 members (excludes halogenated alkanes) is 1. The van der Waals surface area contributed by atoms with Crippen LogP contribution in [-0.2, 0) is 11.3 Å². The van der Waals surface area contributed by atoms with E-state index in [4.69, 9.17) is 4.74 Å². The number of hydrogen-bond acceptors (Lipinski definition) is 1. The molecule has 0 aliphatic heterocycles. The summed E-state index contributed by atoms with van der Waals surface area (Å²) in [5.74, 6) is 1.54. The fourth-order valence-electron chi connectivity index (χ4n) is 4.18. The number of ether oxygens (including phenoxy) is 1. The van der Waals surface area contributed by atoms with E-state index in [9.17, 15) is 0 Å². The Labute approximate surface area is 177 Å². The van der Waals surface area contributed by atoms with E-state index in [0.29, 0.717) is 13.2 Å². The molecule has 1 nitrogen and oxygen atoms in total. The van der Waals surface area contributed by atoms with Crippen molar-refractivity contribution < 1.29 is 4.74 Å². The van der Waals surface area contributed by atoms with Gasteiger partial charge in [-0.2, -0.15) is 0 Å². The first-order valence-electron chi connectivity index (χ1n) is 11.3. The second-order valence-corrected chi connectivity index (χ2v) is 8.23. The Morgan fingerprint density at radius 3 is 2.14 bits per heavy atom. The van der Waals surface area contributed by atoms with Gasteiger partial charge < -0.3 is 4.74 Å². The van der Waals surface area contributed by atoms with Gasteiger partial charge in [-0.05, 0) is 73.1 Å². The Bertz CT molecular complexity index is 759. The van der Waals surface area contributed by atoms with Crippen LogP contribution in [0.2, 0.25) is 0 Å². The SMILES string of the molecule is CC=CCOCc1ccc(-c2ccc(C3CCC(C=CCCC)CC3)cc2)cc1. The maximum atomic E-state index is 5.63. The van der Waals surface area contributed by atoms with Crippen LogP contribution in [0.4, 0.5) is 0 Å². The first-order valence-corrected chi connectivity index (χ1v) is 11.3. The minimum Gasteiger partial charge on any atom is -0.373 e. The molecule has 1 fully saturated rings. The molecule has 0 N–H and O–H groups in total. The standard InChI is InChI=1S/C28H36O/c1-3-5-7-8-23-9-13-25(14-10-23)27-17-19-28(20-18-27)26-15-11-24(12-16-26)22-29-21-6-4-2/h4,6-8,11-12,15-20,23,25H,3,5,9-10,13-14,21-22H2,1-2H3. The Morgan fingerprint density at radius 1 is 0.862 bits per heavy atom. The molecule has 29 heavy (non-hydrogen) atoms. The third-order valence-electron chi connectivity index (χ3n) is 6.02. The molecule has 0 radical (unpaired) electrons. The Hall–Kier alpha value is -2.12. The highest BCUT2D eigenvalue weighted by Gasteiger charge is 2.20.